The molecule has 0 aliphatic rings. The van der Waals surface area contributed by atoms with E-state index in [2.05, 4.69) is 24.1 Å². The summed E-state index contributed by atoms with van der Waals surface area (Å²) in [5.74, 6) is -1.55. The molecule has 11 heteroatoms. The summed E-state index contributed by atoms with van der Waals surface area (Å²) in [7, 11) is 0. The SMILES string of the molecule is CCC(CC)(Cc1nccn1CC(=O)N(CC(=O)OC(C)(C)C)CC(=O)OC(C)(C)C)NCCCCCCCCCCC(=O)O. The van der Waals surface area contributed by atoms with E-state index in [1.54, 1.807) is 58.5 Å². The summed E-state index contributed by atoms with van der Waals surface area (Å²) in [6.07, 6.45) is 14.6. The Morgan fingerprint density at radius 1 is 0.822 bits per heavy atom. The number of nitrogens with zero attached hydrogens (tertiary/aromatic N) is 3. The van der Waals surface area contributed by atoms with E-state index >= 15 is 0 Å². The van der Waals surface area contributed by atoms with Crippen LogP contribution in [0.1, 0.15) is 132 Å². The maximum Gasteiger partial charge on any atom is 0.326 e. The van der Waals surface area contributed by atoms with Crippen molar-refractivity contribution >= 4 is 23.8 Å². The smallest absolute Gasteiger partial charge is 0.326 e. The highest BCUT2D eigenvalue weighted by Crippen LogP contribution is 2.22. The minimum absolute atomic E-state index is 0.0687. The first-order valence-corrected chi connectivity index (χ1v) is 16.7. The number of esters is 2. The van der Waals surface area contributed by atoms with Gasteiger partial charge in [0.15, 0.2) is 0 Å². The average molecular weight is 637 g/mol. The zero-order valence-corrected chi connectivity index (χ0v) is 29.2. The minimum Gasteiger partial charge on any atom is -0.481 e. The lowest BCUT2D eigenvalue weighted by atomic mass is 9.88. The van der Waals surface area contributed by atoms with Crippen LogP contribution in [0, 0.1) is 0 Å². The Bertz CT molecular complexity index is 1020. The van der Waals surface area contributed by atoms with Crippen LogP contribution in [-0.4, -0.2) is 79.7 Å². The minimum atomic E-state index is -0.726. The molecule has 258 valence electrons. The summed E-state index contributed by atoms with van der Waals surface area (Å²) in [6.45, 7) is 14.9. The monoisotopic (exact) mass is 636 g/mol. The Morgan fingerprint density at radius 3 is 1.78 bits per heavy atom. The van der Waals surface area contributed by atoms with Gasteiger partial charge in [0.25, 0.3) is 0 Å². The zero-order valence-electron chi connectivity index (χ0n) is 29.2. The molecule has 0 aliphatic heterocycles. The van der Waals surface area contributed by atoms with Gasteiger partial charge in [0.1, 0.15) is 36.7 Å². The molecule has 45 heavy (non-hydrogen) atoms. The van der Waals surface area contributed by atoms with Crippen LogP contribution in [0.25, 0.3) is 0 Å². The Labute approximate surface area is 270 Å². The van der Waals surface area contributed by atoms with Gasteiger partial charge in [0.2, 0.25) is 5.91 Å². The van der Waals surface area contributed by atoms with Gasteiger partial charge in [-0.3, -0.25) is 19.2 Å². The first-order valence-electron chi connectivity index (χ1n) is 16.7. The number of aromatic nitrogens is 2. The second-order valence-corrected chi connectivity index (χ2v) is 14.0. The summed E-state index contributed by atoms with van der Waals surface area (Å²) in [6, 6.07) is 0. The lowest BCUT2D eigenvalue weighted by Gasteiger charge is -2.33. The normalized spacial score (nSPS) is 12.2. The van der Waals surface area contributed by atoms with E-state index in [0.717, 1.165) is 63.7 Å². The van der Waals surface area contributed by atoms with Gasteiger partial charge < -0.3 is 29.4 Å². The van der Waals surface area contributed by atoms with Crippen molar-refractivity contribution in [2.24, 2.45) is 0 Å². The van der Waals surface area contributed by atoms with Crippen LogP contribution >= 0.6 is 0 Å². The van der Waals surface area contributed by atoms with Gasteiger partial charge >= 0.3 is 17.9 Å². The number of carbonyl (C=O) groups excluding carboxylic acids is 3. The number of hydrogen-bond donors (Lipinski definition) is 2. The molecule has 1 aromatic heterocycles. The number of ether oxygens (including phenoxy) is 2. The van der Waals surface area contributed by atoms with Crippen molar-refractivity contribution in [3.63, 3.8) is 0 Å². The first kappa shape index (κ1) is 40.1. The summed E-state index contributed by atoms with van der Waals surface area (Å²) < 4.78 is 12.6. The van der Waals surface area contributed by atoms with E-state index in [0.29, 0.717) is 6.42 Å². The van der Waals surface area contributed by atoms with Gasteiger partial charge in [-0.1, -0.05) is 52.4 Å². The molecule has 0 spiro atoms. The number of amides is 1. The lowest BCUT2D eigenvalue weighted by Crippen LogP contribution is -2.47. The third-order valence-corrected chi connectivity index (χ3v) is 7.61. The van der Waals surface area contributed by atoms with Crippen LogP contribution < -0.4 is 5.32 Å². The Hall–Kier alpha value is -2.95. The predicted octanol–water partition coefficient (Wildman–Crippen LogP) is 5.68. The Morgan fingerprint density at radius 2 is 1.31 bits per heavy atom. The van der Waals surface area contributed by atoms with Crippen molar-refractivity contribution in [2.45, 2.75) is 156 Å². The second-order valence-electron chi connectivity index (χ2n) is 14.0. The van der Waals surface area contributed by atoms with Gasteiger partial charge in [-0.2, -0.15) is 0 Å². The molecule has 0 unspecified atom stereocenters. The molecule has 1 heterocycles. The van der Waals surface area contributed by atoms with Crippen molar-refractivity contribution in [3.8, 4) is 0 Å². The molecule has 0 radical (unpaired) electrons. The standard InChI is InChI=1S/C34H60N4O7/c1-9-34(10-2,36-20-18-16-14-12-11-13-15-17-19-29(40)41)23-27-35-21-22-37(27)24-28(39)38(25-30(42)44-32(3,4)5)26-31(43)45-33(6,7)8/h21-22,36H,9-20,23-26H2,1-8H3,(H,40,41). The number of nitrogens with one attached hydrogen (secondary N) is 1. The third-order valence-electron chi connectivity index (χ3n) is 7.61. The van der Waals surface area contributed by atoms with Crippen molar-refractivity contribution in [1.82, 2.24) is 19.8 Å². The summed E-state index contributed by atoms with van der Waals surface area (Å²) in [5.41, 5.74) is -1.63. The van der Waals surface area contributed by atoms with E-state index in [1.165, 1.54) is 17.7 Å². The van der Waals surface area contributed by atoms with Gasteiger partial charge in [-0.15, -0.1) is 0 Å². The maximum absolute atomic E-state index is 13.5. The molecule has 1 aromatic rings. The molecule has 1 amide bonds. The number of rotatable bonds is 22. The van der Waals surface area contributed by atoms with E-state index in [1.807, 2.05) is 0 Å². The van der Waals surface area contributed by atoms with Gasteiger partial charge in [0.05, 0.1) is 0 Å². The van der Waals surface area contributed by atoms with Crippen LogP contribution in [0.5, 0.6) is 0 Å². The number of carboxylic acid groups (broad SMARTS) is 1. The van der Waals surface area contributed by atoms with Gasteiger partial charge in [-0.05, 0) is 73.8 Å². The van der Waals surface area contributed by atoms with E-state index in [4.69, 9.17) is 14.6 Å². The molecule has 0 fully saturated rings. The molecule has 0 aliphatic carbocycles. The average Bonchev–Trinajstić information content (AvgIpc) is 3.34. The molecule has 11 nitrogen and oxygen atoms in total. The molecular formula is C34H60N4O7. The predicted molar refractivity (Wildman–Crippen MR) is 175 cm³/mol. The van der Waals surface area contributed by atoms with Crippen LogP contribution in [0.15, 0.2) is 12.4 Å². The molecule has 0 saturated carbocycles. The molecular weight excluding hydrogens is 576 g/mol. The van der Waals surface area contributed by atoms with Crippen molar-refractivity contribution < 1.29 is 33.8 Å². The first-order chi connectivity index (χ1) is 21.0. The summed E-state index contributed by atoms with van der Waals surface area (Å²) >= 11 is 0. The van der Waals surface area contributed by atoms with Crippen molar-refractivity contribution in [1.29, 1.82) is 0 Å². The van der Waals surface area contributed by atoms with E-state index in [9.17, 15) is 19.2 Å². The zero-order chi connectivity index (χ0) is 34.1. The Kier molecular flexibility index (Phi) is 17.4. The van der Waals surface area contributed by atoms with Crippen LogP contribution in [-0.2, 0) is 41.6 Å². The number of carboxylic acids is 1. The van der Waals surface area contributed by atoms with Crippen LogP contribution in [0.3, 0.4) is 0 Å². The number of imidazole rings is 1. The molecule has 0 atom stereocenters. The van der Waals surface area contributed by atoms with Crippen molar-refractivity contribution in [2.75, 3.05) is 19.6 Å². The third kappa shape index (κ3) is 18.0. The van der Waals surface area contributed by atoms with Gasteiger partial charge in [-0.25, -0.2) is 4.98 Å². The highest BCUT2D eigenvalue weighted by molar-refractivity contribution is 5.86. The molecule has 2 N–H and O–H groups in total. The number of unbranched alkanes of at least 4 members (excludes halogenated alkanes) is 7. The van der Waals surface area contributed by atoms with Crippen LogP contribution in [0.2, 0.25) is 0 Å². The van der Waals surface area contributed by atoms with E-state index in [-0.39, 0.29) is 31.6 Å². The number of aliphatic carboxylic acids is 1. The van der Waals surface area contributed by atoms with Crippen molar-refractivity contribution in [3.05, 3.63) is 18.2 Å². The Balaban J connectivity index is 2.77. The topological polar surface area (TPSA) is 140 Å². The number of carbonyl (C=O) groups is 4. The maximum atomic E-state index is 13.5. The summed E-state index contributed by atoms with van der Waals surface area (Å²) in [5, 5.41) is 12.5. The largest absolute Gasteiger partial charge is 0.481 e. The van der Waals surface area contributed by atoms with E-state index < -0.39 is 35.0 Å². The molecule has 0 bridgehead atoms. The molecule has 1 rings (SSSR count). The quantitative estimate of drug-likeness (QED) is 0.121. The fourth-order valence-electron chi connectivity index (χ4n) is 5.12. The second kappa shape index (κ2) is 19.5. The fraction of sp³-hybridized carbons (Fsp3) is 0.794. The molecule has 0 aromatic carbocycles. The van der Waals surface area contributed by atoms with Crippen LogP contribution in [0.4, 0.5) is 0 Å². The highest BCUT2D eigenvalue weighted by atomic mass is 16.6. The number of hydrogen-bond acceptors (Lipinski definition) is 8. The molecule has 0 saturated heterocycles. The highest BCUT2D eigenvalue weighted by Gasteiger charge is 2.30. The fourth-order valence-corrected chi connectivity index (χ4v) is 5.12. The van der Waals surface area contributed by atoms with Gasteiger partial charge in [0, 0.05) is 30.8 Å². The lowest BCUT2D eigenvalue weighted by molar-refractivity contribution is -0.164. The summed E-state index contributed by atoms with van der Waals surface area (Å²) in [4.78, 5) is 55.1.